The molecule has 0 saturated carbocycles. The van der Waals surface area contributed by atoms with Crippen LogP contribution in [0, 0.1) is 0 Å². The molecule has 0 aliphatic carbocycles. The molecule has 4 rings (SSSR count). The van der Waals surface area contributed by atoms with Crippen LogP contribution in [0.25, 0.3) is 0 Å². The van der Waals surface area contributed by atoms with Crippen LogP contribution in [0.3, 0.4) is 0 Å². The first kappa shape index (κ1) is 24.2. The third-order valence-corrected chi connectivity index (χ3v) is 5.76. The zero-order valence-corrected chi connectivity index (χ0v) is 19.4. The van der Waals surface area contributed by atoms with Gasteiger partial charge in [0.05, 0.1) is 28.9 Å². The predicted molar refractivity (Wildman–Crippen MR) is 127 cm³/mol. The minimum Gasteiger partial charge on any atom is -0.452 e. The Morgan fingerprint density at radius 3 is 1.11 bits per heavy atom. The van der Waals surface area contributed by atoms with E-state index in [0.717, 1.165) is 0 Å². The lowest BCUT2D eigenvalue weighted by Gasteiger charge is -2.43. The zero-order valence-electron chi connectivity index (χ0n) is 19.4. The van der Waals surface area contributed by atoms with E-state index in [1.165, 1.54) is 0 Å². The van der Waals surface area contributed by atoms with Crippen molar-refractivity contribution in [2.75, 3.05) is 0 Å². The minimum absolute atomic E-state index is 0.320. The van der Waals surface area contributed by atoms with Crippen LogP contribution in [0.4, 0.5) is 0 Å². The van der Waals surface area contributed by atoms with Gasteiger partial charge in [0.25, 0.3) is 0 Å². The number of carbonyl (C=O) groups is 3. The zero-order chi connectivity index (χ0) is 24.8. The lowest BCUT2D eigenvalue weighted by Crippen LogP contribution is -2.60. The maximum Gasteiger partial charge on any atom is 0.338 e. The van der Waals surface area contributed by atoms with E-state index in [9.17, 15) is 14.4 Å². The lowest BCUT2D eigenvalue weighted by atomic mass is 9.95. The van der Waals surface area contributed by atoms with Gasteiger partial charge in [-0.15, -0.1) is 0 Å². The summed E-state index contributed by atoms with van der Waals surface area (Å²) in [6.45, 7) is 3.44. The van der Waals surface area contributed by atoms with E-state index >= 15 is 0 Å². The number of ether oxygens (including phenoxy) is 4. The van der Waals surface area contributed by atoms with E-state index in [0.29, 0.717) is 16.7 Å². The van der Waals surface area contributed by atoms with Crippen molar-refractivity contribution in [2.45, 2.75) is 44.4 Å². The third-order valence-electron chi connectivity index (χ3n) is 5.76. The summed E-state index contributed by atoms with van der Waals surface area (Å²) in [5, 5.41) is 0. The largest absolute Gasteiger partial charge is 0.452 e. The molecule has 1 aliphatic rings. The summed E-state index contributed by atoms with van der Waals surface area (Å²) in [5.41, 5.74) is 0.995. The van der Waals surface area contributed by atoms with Gasteiger partial charge in [0, 0.05) is 0 Å². The topological polar surface area (TPSA) is 88.1 Å². The fourth-order valence-electron chi connectivity index (χ4n) is 3.97. The smallest absolute Gasteiger partial charge is 0.338 e. The Kier molecular flexibility index (Phi) is 7.57. The molecule has 0 radical (unpaired) electrons. The molecule has 180 valence electrons. The summed E-state index contributed by atoms with van der Waals surface area (Å²) < 4.78 is 23.3. The molecule has 0 amide bonds. The second kappa shape index (κ2) is 11.0. The molecule has 1 heterocycles. The predicted octanol–water partition coefficient (Wildman–Crippen LogP) is 4.47. The average Bonchev–Trinajstić information content (AvgIpc) is 2.89. The molecule has 7 nitrogen and oxygen atoms in total. The molecule has 1 fully saturated rings. The van der Waals surface area contributed by atoms with Crippen molar-refractivity contribution in [1.82, 2.24) is 0 Å². The highest BCUT2D eigenvalue weighted by Gasteiger charge is 2.49. The molecular formula is C28H26O7. The van der Waals surface area contributed by atoms with Crippen molar-refractivity contribution >= 4 is 17.9 Å². The molecular weight excluding hydrogens is 448 g/mol. The third kappa shape index (κ3) is 5.75. The maximum absolute atomic E-state index is 13.0. The van der Waals surface area contributed by atoms with Gasteiger partial charge in [-0.25, -0.2) is 14.4 Å². The summed E-state index contributed by atoms with van der Waals surface area (Å²) in [7, 11) is 0. The fraction of sp³-hybridized carbons (Fsp3) is 0.250. The van der Waals surface area contributed by atoms with E-state index in [-0.39, 0.29) is 0 Å². The Hall–Kier alpha value is -3.97. The first-order chi connectivity index (χ1) is 16.9. The van der Waals surface area contributed by atoms with Crippen molar-refractivity contribution in [1.29, 1.82) is 0 Å². The van der Waals surface area contributed by atoms with Crippen molar-refractivity contribution in [2.24, 2.45) is 0 Å². The van der Waals surface area contributed by atoms with Gasteiger partial charge >= 0.3 is 17.9 Å². The summed E-state index contributed by atoms with van der Waals surface area (Å²) in [6, 6.07) is 25.4. The van der Waals surface area contributed by atoms with Crippen LogP contribution < -0.4 is 0 Å². The molecule has 3 aromatic rings. The van der Waals surface area contributed by atoms with Crippen LogP contribution in [-0.4, -0.2) is 48.4 Å². The maximum atomic E-state index is 13.0. The molecule has 1 saturated heterocycles. The molecule has 0 aromatic heterocycles. The molecule has 0 bridgehead atoms. The van der Waals surface area contributed by atoms with E-state index in [1.54, 1.807) is 105 Å². The highest BCUT2D eigenvalue weighted by atomic mass is 16.6. The Labute approximate surface area is 203 Å². The second-order valence-electron chi connectivity index (χ2n) is 8.25. The summed E-state index contributed by atoms with van der Waals surface area (Å²) in [6.07, 6.45) is -4.38. The number of hydrogen-bond donors (Lipinski definition) is 0. The van der Waals surface area contributed by atoms with Crippen LogP contribution in [0.5, 0.6) is 0 Å². The highest BCUT2D eigenvalue weighted by Crippen LogP contribution is 2.30. The van der Waals surface area contributed by atoms with Gasteiger partial charge in [-0.1, -0.05) is 54.6 Å². The van der Waals surface area contributed by atoms with Gasteiger partial charge in [0.1, 0.15) is 0 Å². The van der Waals surface area contributed by atoms with Crippen LogP contribution in [0.2, 0.25) is 0 Å². The van der Waals surface area contributed by atoms with E-state index in [4.69, 9.17) is 18.9 Å². The van der Waals surface area contributed by atoms with Crippen LogP contribution in [0.1, 0.15) is 44.9 Å². The molecule has 5 atom stereocenters. The fourth-order valence-corrected chi connectivity index (χ4v) is 3.97. The Bertz CT molecular complexity index is 1080. The Morgan fingerprint density at radius 2 is 0.800 bits per heavy atom. The molecule has 0 N–H and O–H groups in total. The van der Waals surface area contributed by atoms with Gasteiger partial charge in [-0.05, 0) is 50.2 Å². The highest BCUT2D eigenvalue weighted by molar-refractivity contribution is 5.91. The summed E-state index contributed by atoms with van der Waals surface area (Å²) >= 11 is 0. The summed E-state index contributed by atoms with van der Waals surface area (Å²) in [5.74, 6) is -1.83. The number of benzene rings is 3. The van der Waals surface area contributed by atoms with E-state index in [1.807, 2.05) is 0 Å². The molecule has 35 heavy (non-hydrogen) atoms. The minimum atomic E-state index is -1.10. The first-order valence-electron chi connectivity index (χ1n) is 11.4. The average molecular weight is 475 g/mol. The van der Waals surface area contributed by atoms with E-state index in [2.05, 4.69) is 0 Å². The summed E-state index contributed by atoms with van der Waals surface area (Å²) in [4.78, 5) is 38.7. The molecule has 7 heteroatoms. The van der Waals surface area contributed by atoms with Crippen molar-refractivity contribution < 1.29 is 33.3 Å². The van der Waals surface area contributed by atoms with Crippen molar-refractivity contribution in [3.63, 3.8) is 0 Å². The van der Waals surface area contributed by atoms with Gasteiger partial charge in [0.15, 0.2) is 18.3 Å². The number of hydrogen-bond acceptors (Lipinski definition) is 7. The molecule has 3 aromatic carbocycles. The van der Waals surface area contributed by atoms with Crippen LogP contribution >= 0.6 is 0 Å². The Balaban J connectivity index is 1.63. The van der Waals surface area contributed by atoms with Gasteiger partial charge in [-0.3, -0.25) is 0 Å². The quantitative estimate of drug-likeness (QED) is 0.385. The van der Waals surface area contributed by atoms with Gasteiger partial charge in [-0.2, -0.15) is 0 Å². The van der Waals surface area contributed by atoms with Gasteiger partial charge in [0.2, 0.25) is 0 Å². The van der Waals surface area contributed by atoms with E-state index < -0.39 is 48.4 Å². The molecule has 0 spiro atoms. The van der Waals surface area contributed by atoms with Crippen molar-refractivity contribution in [3.8, 4) is 0 Å². The number of carbonyl (C=O) groups excluding carboxylic acids is 3. The lowest BCUT2D eigenvalue weighted by molar-refractivity contribution is -0.212. The standard InChI is InChI=1S/C28H26O7/c1-18-23(33-26(29)20-12-6-3-7-13-20)25(35-28(31)22-16-10-5-11-17-22)24(19(2)32-18)34-27(30)21-14-8-4-9-15-21/h3-19,23-25H,1-2H3/t18-,19?,23+,24+,25?/m0/s1. The molecule has 1 aliphatic heterocycles. The van der Waals surface area contributed by atoms with Crippen LogP contribution in [-0.2, 0) is 18.9 Å². The Morgan fingerprint density at radius 1 is 0.514 bits per heavy atom. The normalized spacial score (nSPS) is 23.7. The molecule has 2 unspecified atom stereocenters. The van der Waals surface area contributed by atoms with Gasteiger partial charge < -0.3 is 18.9 Å². The monoisotopic (exact) mass is 474 g/mol. The van der Waals surface area contributed by atoms with Crippen LogP contribution in [0.15, 0.2) is 91.0 Å². The first-order valence-corrected chi connectivity index (χ1v) is 11.4. The second-order valence-corrected chi connectivity index (χ2v) is 8.25. The number of esters is 3. The SMILES string of the molecule is CC1O[C@@H](C)[C@@H](OC(=O)c2ccccc2)C(OC(=O)c2ccccc2)[C@@H]1OC(=O)c1ccccc1. The number of rotatable bonds is 6. The van der Waals surface area contributed by atoms with Crippen molar-refractivity contribution in [3.05, 3.63) is 108 Å².